The van der Waals surface area contributed by atoms with Crippen LogP contribution in [0.2, 0.25) is 0 Å². The number of fused-ring (bicyclic) bond motifs is 1. The van der Waals surface area contributed by atoms with Crippen LogP contribution in [-0.4, -0.2) is 10.8 Å². The number of para-hydroxylation sites is 1. The summed E-state index contributed by atoms with van der Waals surface area (Å²) in [4.78, 5) is 15.6. The molecule has 1 N–H and O–H groups in total. The molecule has 0 aliphatic heterocycles. The second-order valence-electron chi connectivity index (χ2n) is 5.16. The van der Waals surface area contributed by atoms with Crippen LogP contribution in [-0.2, 0) is 0 Å². The number of aromatic nitrogens is 1. The number of hydrogen-bond acceptors (Lipinski definition) is 2. The minimum Gasteiger partial charge on any atom is -0.361 e. The summed E-state index contributed by atoms with van der Waals surface area (Å²) >= 11 is 0. The van der Waals surface area contributed by atoms with Crippen LogP contribution in [0.1, 0.15) is 21.5 Å². The normalized spacial score (nSPS) is 11.4. The van der Waals surface area contributed by atoms with E-state index < -0.39 is 0 Å². The second kappa shape index (κ2) is 5.71. The van der Waals surface area contributed by atoms with E-state index in [9.17, 15) is 10.1 Å². The highest BCUT2D eigenvalue weighted by atomic mass is 16.1. The molecule has 1 aromatic heterocycles. The van der Waals surface area contributed by atoms with Gasteiger partial charge in [-0.25, -0.2) is 0 Å². The van der Waals surface area contributed by atoms with E-state index in [1.807, 2.05) is 55.6 Å². The number of Topliss-reactive ketones (excluding diaryl/α,β-unsaturated/α-hetero) is 1. The Bertz CT molecular complexity index is 926. The highest BCUT2D eigenvalue weighted by Crippen LogP contribution is 2.21. The van der Waals surface area contributed by atoms with E-state index in [1.54, 1.807) is 18.2 Å². The molecule has 2 aromatic carbocycles. The van der Waals surface area contributed by atoms with Gasteiger partial charge in [-0.3, -0.25) is 4.79 Å². The molecule has 3 rings (SSSR count). The molecule has 1 heterocycles. The fraction of sp³-hybridized carbons (Fsp3) is 0.0526. The summed E-state index contributed by atoms with van der Waals surface area (Å²) in [5, 5.41) is 10.3. The Balaban J connectivity index is 2.04. The van der Waals surface area contributed by atoms with Crippen molar-refractivity contribution in [2.75, 3.05) is 0 Å². The number of benzene rings is 2. The molecule has 22 heavy (non-hydrogen) atoms. The SMILES string of the molecule is Cc1cccc(C(=O)/C(C#N)=C/c2c[nH]c3ccccc23)c1. The van der Waals surface area contributed by atoms with Crippen molar-refractivity contribution in [3.63, 3.8) is 0 Å². The third-order valence-electron chi connectivity index (χ3n) is 3.57. The molecule has 3 nitrogen and oxygen atoms in total. The van der Waals surface area contributed by atoms with Gasteiger partial charge in [-0.2, -0.15) is 5.26 Å². The molecule has 0 spiro atoms. The zero-order valence-corrected chi connectivity index (χ0v) is 12.1. The molecule has 3 aromatic rings. The van der Waals surface area contributed by atoms with Gasteiger partial charge in [0.1, 0.15) is 11.6 Å². The molecule has 106 valence electrons. The number of aryl methyl sites for hydroxylation is 1. The fourth-order valence-electron chi connectivity index (χ4n) is 2.46. The van der Waals surface area contributed by atoms with Crippen LogP contribution < -0.4 is 0 Å². The van der Waals surface area contributed by atoms with Gasteiger partial charge in [-0.05, 0) is 25.1 Å². The molecule has 0 fully saturated rings. The summed E-state index contributed by atoms with van der Waals surface area (Å²) in [5.74, 6) is -0.253. The lowest BCUT2D eigenvalue weighted by atomic mass is 10.0. The first-order valence-electron chi connectivity index (χ1n) is 6.98. The summed E-state index contributed by atoms with van der Waals surface area (Å²) in [6.45, 7) is 1.92. The van der Waals surface area contributed by atoms with Crippen molar-refractivity contribution in [1.29, 1.82) is 5.26 Å². The third-order valence-corrected chi connectivity index (χ3v) is 3.57. The number of allylic oxidation sites excluding steroid dienone is 1. The van der Waals surface area contributed by atoms with E-state index in [4.69, 9.17) is 0 Å². The summed E-state index contributed by atoms with van der Waals surface area (Å²) in [5.41, 5.74) is 3.49. The van der Waals surface area contributed by atoms with Crippen LogP contribution in [0.25, 0.3) is 17.0 Å². The average Bonchev–Trinajstić information content (AvgIpc) is 2.95. The molecule has 0 aliphatic carbocycles. The molecular formula is C19H14N2O. The first kappa shape index (κ1) is 13.8. The molecular weight excluding hydrogens is 272 g/mol. The monoisotopic (exact) mass is 286 g/mol. The number of nitriles is 1. The highest BCUT2D eigenvalue weighted by molar-refractivity contribution is 6.14. The minimum absolute atomic E-state index is 0.135. The predicted molar refractivity (Wildman–Crippen MR) is 87.4 cm³/mol. The van der Waals surface area contributed by atoms with Crippen molar-refractivity contribution in [3.8, 4) is 6.07 Å². The smallest absolute Gasteiger partial charge is 0.203 e. The zero-order chi connectivity index (χ0) is 15.5. The minimum atomic E-state index is -0.253. The maximum atomic E-state index is 12.5. The van der Waals surface area contributed by atoms with E-state index in [-0.39, 0.29) is 11.4 Å². The van der Waals surface area contributed by atoms with Gasteiger partial charge in [-0.15, -0.1) is 0 Å². The topological polar surface area (TPSA) is 56.6 Å². The summed E-state index contributed by atoms with van der Waals surface area (Å²) < 4.78 is 0. The number of H-pyrrole nitrogens is 1. The van der Waals surface area contributed by atoms with Crippen molar-refractivity contribution in [3.05, 3.63) is 77.0 Å². The van der Waals surface area contributed by atoms with Crippen molar-refractivity contribution >= 4 is 22.8 Å². The predicted octanol–water partition coefficient (Wildman–Crippen LogP) is 4.27. The van der Waals surface area contributed by atoms with Crippen LogP contribution in [0.3, 0.4) is 0 Å². The van der Waals surface area contributed by atoms with Crippen molar-refractivity contribution in [2.24, 2.45) is 0 Å². The molecule has 0 aliphatic rings. The van der Waals surface area contributed by atoms with Gasteiger partial charge in [-0.1, -0.05) is 42.0 Å². The third kappa shape index (κ3) is 2.55. The maximum Gasteiger partial charge on any atom is 0.203 e. The average molecular weight is 286 g/mol. The van der Waals surface area contributed by atoms with E-state index in [0.717, 1.165) is 22.0 Å². The Morgan fingerprint density at radius 1 is 1.18 bits per heavy atom. The van der Waals surface area contributed by atoms with Gasteiger partial charge >= 0.3 is 0 Å². The molecule has 0 amide bonds. The first-order valence-corrected chi connectivity index (χ1v) is 6.98. The van der Waals surface area contributed by atoms with E-state index >= 15 is 0 Å². The molecule has 0 atom stereocenters. The molecule has 0 radical (unpaired) electrons. The standard InChI is InChI=1S/C19H14N2O/c1-13-5-4-6-14(9-13)19(22)15(11-20)10-16-12-21-18-8-3-2-7-17(16)18/h2-10,12,21H,1H3/b15-10+. The summed E-state index contributed by atoms with van der Waals surface area (Å²) in [7, 11) is 0. The van der Waals surface area contributed by atoms with E-state index in [2.05, 4.69) is 4.98 Å². The maximum absolute atomic E-state index is 12.5. The van der Waals surface area contributed by atoms with Gasteiger partial charge in [0, 0.05) is 28.2 Å². The van der Waals surface area contributed by atoms with Gasteiger partial charge in [0.25, 0.3) is 0 Å². The quantitative estimate of drug-likeness (QED) is 0.444. The lowest BCUT2D eigenvalue weighted by molar-refractivity contribution is 0.104. The van der Waals surface area contributed by atoms with Gasteiger partial charge in [0.15, 0.2) is 0 Å². The number of hydrogen-bond donors (Lipinski definition) is 1. The zero-order valence-electron chi connectivity index (χ0n) is 12.1. The molecule has 0 saturated carbocycles. The van der Waals surface area contributed by atoms with E-state index in [1.165, 1.54) is 0 Å². The molecule has 0 bridgehead atoms. The number of rotatable bonds is 3. The first-order chi connectivity index (χ1) is 10.7. The number of aromatic amines is 1. The van der Waals surface area contributed by atoms with Crippen LogP contribution >= 0.6 is 0 Å². The Kier molecular flexibility index (Phi) is 3.59. The number of nitrogens with one attached hydrogen (secondary N) is 1. The van der Waals surface area contributed by atoms with Crippen LogP contribution in [0.5, 0.6) is 0 Å². The Morgan fingerprint density at radius 2 is 2.00 bits per heavy atom. The molecule has 0 saturated heterocycles. The second-order valence-corrected chi connectivity index (χ2v) is 5.16. The van der Waals surface area contributed by atoms with Gasteiger partial charge in [0.05, 0.1) is 0 Å². The lowest BCUT2D eigenvalue weighted by Gasteiger charge is -2.01. The summed E-state index contributed by atoms with van der Waals surface area (Å²) in [6, 6.07) is 17.1. The number of carbonyl (C=O) groups is 1. The largest absolute Gasteiger partial charge is 0.361 e. The lowest BCUT2D eigenvalue weighted by Crippen LogP contribution is -2.02. The van der Waals surface area contributed by atoms with Crippen LogP contribution in [0.4, 0.5) is 0 Å². The Labute approximate surface area is 128 Å². The number of nitrogens with zero attached hydrogens (tertiary/aromatic N) is 1. The van der Waals surface area contributed by atoms with Crippen LogP contribution in [0, 0.1) is 18.3 Å². The highest BCUT2D eigenvalue weighted by Gasteiger charge is 2.13. The van der Waals surface area contributed by atoms with Crippen molar-refractivity contribution < 1.29 is 4.79 Å². The van der Waals surface area contributed by atoms with Crippen LogP contribution in [0.15, 0.2) is 60.3 Å². The number of carbonyl (C=O) groups excluding carboxylic acids is 1. The Hall–Kier alpha value is -3.12. The Morgan fingerprint density at radius 3 is 2.77 bits per heavy atom. The van der Waals surface area contributed by atoms with Gasteiger partial charge in [0.2, 0.25) is 5.78 Å². The van der Waals surface area contributed by atoms with E-state index in [0.29, 0.717) is 5.56 Å². The fourth-order valence-corrected chi connectivity index (χ4v) is 2.46. The number of ketones is 1. The summed E-state index contributed by atoms with van der Waals surface area (Å²) in [6.07, 6.45) is 3.45. The van der Waals surface area contributed by atoms with Crippen molar-refractivity contribution in [2.45, 2.75) is 6.92 Å². The molecule has 0 unspecified atom stereocenters. The van der Waals surface area contributed by atoms with Gasteiger partial charge < -0.3 is 4.98 Å². The van der Waals surface area contributed by atoms with Crippen molar-refractivity contribution in [1.82, 2.24) is 4.98 Å². The molecule has 3 heteroatoms.